The SMILES string of the molecule is CC(=O)Oc1ccccc1C(=O)OCCOCC(=O)O. The smallest absolute Gasteiger partial charge is 0.342 e. The lowest BCUT2D eigenvalue weighted by molar-refractivity contribution is -0.142. The third-order valence-electron chi connectivity index (χ3n) is 2.05. The molecule has 108 valence electrons. The Labute approximate surface area is 115 Å². The van der Waals surface area contributed by atoms with E-state index in [1.165, 1.54) is 19.1 Å². The van der Waals surface area contributed by atoms with Crippen molar-refractivity contribution in [2.45, 2.75) is 6.92 Å². The van der Waals surface area contributed by atoms with Gasteiger partial charge in [0, 0.05) is 6.92 Å². The summed E-state index contributed by atoms with van der Waals surface area (Å²) in [5.74, 6) is -2.22. The van der Waals surface area contributed by atoms with Crippen LogP contribution in [-0.2, 0) is 19.1 Å². The number of ether oxygens (including phenoxy) is 3. The molecule has 1 aromatic rings. The van der Waals surface area contributed by atoms with Crippen molar-refractivity contribution in [1.82, 2.24) is 0 Å². The molecule has 0 saturated heterocycles. The monoisotopic (exact) mass is 282 g/mol. The van der Waals surface area contributed by atoms with Crippen LogP contribution in [0.15, 0.2) is 24.3 Å². The zero-order chi connectivity index (χ0) is 15.0. The van der Waals surface area contributed by atoms with E-state index in [9.17, 15) is 14.4 Å². The van der Waals surface area contributed by atoms with Crippen LogP contribution in [0.3, 0.4) is 0 Å². The second-order valence-corrected chi connectivity index (χ2v) is 3.67. The maximum atomic E-state index is 11.8. The topological polar surface area (TPSA) is 99.1 Å². The molecule has 20 heavy (non-hydrogen) atoms. The van der Waals surface area contributed by atoms with Crippen molar-refractivity contribution >= 4 is 17.9 Å². The molecular weight excluding hydrogens is 268 g/mol. The van der Waals surface area contributed by atoms with Gasteiger partial charge in [0.2, 0.25) is 0 Å². The highest BCUT2D eigenvalue weighted by Gasteiger charge is 2.14. The van der Waals surface area contributed by atoms with Gasteiger partial charge in [0.25, 0.3) is 0 Å². The Morgan fingerprint density at radius 1 is 1.15 bits per heavy atom. The molecule has 0 radical (unpaired) electrons. The van der Waals surface area contributed by atoms with E-state index in [0.717, 1.165) is 0 Å². The van der Waals surface area contributed by atoms with Crippen LogP contribution in [-0.4, -0.2) is 42.8 Å². The molecule has 0 saturated carbocycles. The molecular formula is C13H14O7. The molecule has 1 N–H and O–H groups in total. The highest BCUT2D eigenvalue weighted by Crippen LogP contribution is 2.19. The maximum absolute atomic E-state index is 11.8. The van der Waals surface area contributed by atoms with E-state index in [-0.39, 0.29) is 24.5 Å². The number of rotatable bonds is 7. The van der Waals surface area contributed by atoms with Crippen LogP contribution in [0.2, 0.25) is 0 Å². The number of benzene rings is 1. The lowest BCUT2D eigenvalue weighted by Crippen LogP contribution is -2.15. The van der Waals surface area contributed by atoms with E-state index in [2.05, 4.69) is 0 Å². The summed E-state index contributed by atoms with van der Waals surface area (Å²) in [4.78, 5) is 32.8. The number of carbonyl (C=O) groups excluding carboxylic acids is 2. The molecule has 0 heterocycles. The van der Waals surface area contributed by atoms with Crippen molar-refractivity contribution in [2.24, 2.45) is 0 Å². The van der Waals surface area contributed by atoms with Crippen LogP contribution in [0.5, 0.6) is 5.75 Å². The van der Waals surface area contributed by atoms with Crippen LogP contribution < -0.4 is 4.74 Å². The minimum absolute atomic E-state index is 0.0340. The summed E-state index contributed by atoms with van der Waals surface area (Å²) in [6.07, 6.45) is 0. The number of hydrogen-bond acceptors (Lipinski definition) is 6. The van der Waals surface area contributed by atoms with Crippen LogP contribution in [0.25, 0.3) is 0 Å². The zero-order valence-electron chi connectivity index (χ0n) is 10.8. The van der Waals surface area contributed by atoms with E-state index >= 15 is 0 Å². The Kier molecular flexibility index (Phi) is 6.18. The lowest BCUT2D eigenvalue weighted by Gasteiger charge is -2.08. The maximum Gasteiger partial charge on any atom is 0.342 e. The fraction of sp³-hybridized carbons (Fsp3) is 0.308. The van der Waals surface area contributed by atoms with Gasteiger partial charge in [-0.1, -0.05) is 12.1 Å². The van der Waals surface area contributed by atoms with Gasteiger partial charge in [-0.2, -0.15) is 0 Å². The minimum Gasteiger partial charge on any atom is -0.480 e. The number of carbonyl (C=O) groups is 3. The van der Waals surface area contributed by atoms with Crippen molar-refractivity contribution < 1.29 is 33.7 Å². The molecule has 0 fully saturated rings. The van der Waals surface area contributed by atoms with Crippen LogP contribution in [0.1, 0.15) is 17.3 Å². The lowest BCUT2D eigenvalue weighted by atomic mass is 10.2. The van der Waals surface area contributed by atoms with Crippen molar-refractivity contribution in [3.63, 3.8) is 0 Å². The Balaban J connectivity index is 2.50. The first-order valence-electron chi connectivity index (χ1n) is 5.75. The zero-order valence-corrected chi connectivity index (χ0v) is 10.8. The molecule has 0 spiro atoms. The first-order chi connectivity index (χ1) is 9.50. The predicted molar refractivity (Wildman–Crippen MR) is 66.5 cm³/mol. The average Bonchev–Trinajstić information content (AvgIpc) is 2.37. The van der Waals surface area contributed by atoms with Gasteiger partial charge in [0.1, 0.15) is 24.5 Å². The second-order valence-electron chi connectivity index (χ2n) is 3.67. The van der Waals surface area contributed by atoms with Crippen molar-refractivity contribution in [1.29, 1.82) is 0 Å². The van der Waals surface area contributed by atoms with Crippen LogP contribution >= 0.6 is 0 Å². The number of carboxylic acid groups (broad SMARTS) is 1. The standard InChI is InChI=1S/C13H14O7/c1-9(14)20-11-5-3-2-4-10(11)13(17)19-7-6-18-8-12(15)16/h2-5H,6-8H2,1H3,(H,15,16). The molecule has 0 unspecified atom stereocenters. The summed E-state index contributed by atoms with van der Waals surface area (Å²) < 4.78 is 14.5. The molecule has 0 aliphatic rings. The summed E-state index contributed by atoms with van der Waals surface area (Å²) in [5.41, 5.74) is 0.112. The minimum atomic E-state index is -1.10. The van der Waals surface area contributed by atoms with Gasteiger partial charge in [0.15, 0.2) is 0 Å². The third kappa shape index (κ3) is 5.49. The summed E-state index contributed by atoms with van der Waals surface area (Å²) in [7, 11) is 0. The number of esters is 2. The average molecular weight is 282 g/mol. The number of carboxylic acids is 1. The molecule has 0 aliphatic heterocycles. The largest absolute Gasteiger partial charge is 0.480 e. The van der Waals surface area contributed by atoms with Crippen molar-refractivity contribution in [2.75, 3.05) is 19.8 Å². The second kappa shape index (κ2) is 7.90. The van der Waals surface area contributed by atoms with Crippen molar-refractivity contribution in [3.8, 4) is 5.75 Å². The van der Waals surface area contributed by atoms with Crippen LogP contribution in [0, 0.1) is 0 Å². The molecule has 0 atom stereocenters. The molecule has 0 bridgehead atoms. The van der Waals surface area contributed by atoms with Gasteiger partial charge in [-0.3, -0.25) is 4.79 Å². The molecule has 0 aliphatic carbocycles. The summed E-state index contributed by atoms with van der Waals surface area (Å²) in [6, 6.07) is 6.15. The van der Waals surface area contributed by atoms with Crippen molar-refractivity contribution in [3.05, 3.63) is 29.8 Å². The molecule has 7 nitrogen and oxygen atoms in total. The Hall–Kier alpha value is -2.41. The van der Waals surface area contributed by atoms with E-state index in [4.69, 9.17) is 19.3 Å². The predicted octanol–water partition coefficient (Wildman–Crippen LogP) is 0.870. The number of aliphatic carboxylic acids is 1. The fourth-order valence-electron chi connectivity index (χ4n) is 1.31. The highest BCUT2D eigenvalue weighted by molar-refractivity contribution is 5.93. The summed E-state index contributed by atoms with van der Waals surface area (Å²) in [6.45, 7) is 0.637. The van der Waals surface area contributed by atoms with Gasteiger partial charge in [-0.25, -0.2) is 9.59 Å². The molecule has 0 amide bonds. The summed E-state index contributed by atoms with van der Waals surface area (Å²) >= 11 is 0. The number of hydrogen-bond donors (Lipinski definition) is 1. The van der Waals surface area contributed by atoms with E-state index in [0.29, 0.717) is 0 Å². The summed E-state index contributed by atoms with van der Waals surface area (Å²) in [5, 5.41) is 8.34. The first kappa shape index (κ1) is 15.6. The highest BCUT2D eigenvalue weighted by atomic mass is 16.6. The number of para-hydroxylation sites is 1. The van der Waals surface area contributed by atoms with Gasteiger partial charge in [-0.15, -0.1) is 0 Å². The van der Waals surface area contributed by atoms with Crippen LogP contribution in [0.4, 0.5) is 0 Å². The fourth-order valence-corrected chi connectivity index (χ4v) is 1.31. The first-order valence-corrected chi connectivity index (χ1v) is 5.75. The Morgan fingerprint density at radius 2 is 1.85 bits per heavy atom. The Morgan fingerprint density at radius 3 is 2.50 bits per heavy atom. The van der Waals surface area contributed by atoms with E-state index in [1.807, 2.05) is 0 Å². The molecule has 1 aromatic carbocycles. The Bertz CT molecular complexity index is 495. The molecule has 0 aromatic heterocycles. The van der Waals surface area contributed by atoms with E-state index in [1.54, 1.807) is 12.1 Å². The van der Waals surface area contributed by atoms with Gasteiger partial charge < -0.3 is 19.3 Å². The quantitative estimate of drug-likeness (QED) is 0.450. The van der Waals surface area contributed by atoms with Gasteiger partial charge in [0.05, 0.1) is 6.61 Å². The van der Waals surface area contributed by atoms with Gasteiger partial charge >= 0.3 is 17.9 Å². The normalized spacial score (nSPS) is 9.85. The molecule has 1 rings (SSSR count). The van der Waals surface area contributed by atoms with E-state index < -0.39 is 24.5 Å². The molecule has 7 heteroatoms. The third-order valence-corrected chi connectivity index (χ3v) is 2.05. The van der Waals surface area contributed by atoms with Gasteiger partial charge in [-0.05, 0) is 12.1 Å².